The Bertz CT molecular complexity index is 428. The molecule has 5 nitrogen and oxygen atoms in total. The fourth-order valence-corrected chi connectivity index (χ4v) is 3.16. The lowest BCUT2D eigenvalue weighted by molar-refractivity contribution is -0.188. The van der Waals surface area contributed by atoms with E-state index in [9.17, 15) is 22.8 Å². The van der Waals surface area contributed by atoms with E-state index < -0.39 is 24.1 Å². The van der Waals surface area contributed by atoms with Crippen LogP contribution in [-0.2, 0) is 14.3 Å². The Kier molecular flexibility index (Phi) is 5.31. The minimum absolute atomic E-state index is 0.0235. The number of alkyl halides is 3. The SMILES string of the molecule is COC(=O)C1CCCN1CC(=O)N1CCCC(C(F)(F)F)C1. The van der Waals surface area contributed by atoms with E-state index in [1.165, 1.54) is 12.0 Å². The van der Waals surface area contributed by atoms with Crippen molar-refractivity contribution in [3.05, 3.63) is 0 Å². The number of hydrogen-bond acceptors (Lipinski definition) is 4. The van der Waals surface area contributed by atoms with Crippen molar-refractivity contribution >= 4 is 11.9 Å². The van der Waals surface area contributed by atoms with Crippen LogP contribution in [0.15, 0.2) is 0 Å². The van der Waals surface area contributed by atoms with Crippen molar-refractivity contribution < 1.29 is 27.5 Å². The van der Waals surface area contributed by atoms with Gasteiger partial charge in [0.15, 0.2) is 0 Å². The van der Waals surface area contributed by atoms with Gasteiger partial charge in [0.2, 0.25) is 5.91 Å². The smallest absolute Gasteiger partial charge is 0.393 e. The minimum atomic E-state index is -4.26. The number of rotatable bonds is 3. The predicted molar refractivity (Wildman–Crippen MR) is 72.0 cm³/mol. The zero-order valence-electron chi connectivity index (χ0n) is 12.6. The molecule has 126 valence electrons. The summed E-state index contributed by atoms with van der Waals surface area (Å²) < 4.78 is 43.1. The molecular formula is C14H21F3N2O3. The number of ether oxygens (including phenoxy) is 1. The van der Waals surface area contributed by atoms with E-state index >= 15 is 0 Å². The highest BCUT2D eigenvalue weighted by Crippen LogP contribution is 2.33. The number of carbonyl (C=O) groups excluding carboxylic acids is 2. The Balaban J connectivity index is 1.93. The van der Waals surface area contributed by atoms with Crippen molar-refractivity contribution in [2.24, 2.45) is 5.92 Å². The van der Waals surface area contributed by atoms with Crippen molar-refractivity contribution in [2.75, 3.05) is 33.3 Å². The maximum atomic E-state index is 12.8. The third kappa shape index (κ3) is 3.91. The highest BCUT2D eigenvalue weighted by Gasteiger charge is 2.43. The first-order chi connectivity index (χ1) is 10.3. The van der Waals surface area contributed by atoms with E-state index in [4.69, 9.17) is 4.74 Å². The fourth-order valence-electron chi connectivity index (χ4n) is 3.16. The third-order valence-electron chi connectivity index (χ3n) is 4.41. The van der Waals surface area contributed by atoms with E-state index in [0.717, 1.165) is 6.42 Å². The quantitative estimate of drug-likeness (QED) is 0.738. The molecule has 2 atom stereocenters. The molecule has 0 aromatic carbocycles. The van der Waals surface area contributed by atoms with Gasteiger partial charge in [0.25, 0.3) is 0 Å². The molecule has 0 radical (unpaired) electrons. The molecule has 0 aliphatic carbocycles. The Hall–Kier alpha value is -1.31. The van der Waals surface area contributed by atoms with Crippen LogP contribution in [0.5, 0.6) is 0 Å². The summed E-state index contributed by atoms with van der Waals surface area (Å²) in [5.74, 6) is -2.18. The number of piperidine rings is 1. The van der Waals surface area contributed by atoms with E-state index in [0.29, 0.717) is 25.9 Å². The van der Waals surface area contributed by atoms with Crippen molar-refractivity contribution in [1.82, 2.24) is 9.80 Å². The van der Waals surface area contributed by atoms with Crippen molar-refractivity contribution in [1.29, 1.82) is 0 Å². The molecule has 2 heterocycles. The van der Waals surface area contributed by atoms with Gasteiger partial charge in [0.1, 0.15) is 6.04 Å². The van der Waals surface area contributed by atoms with Gasteiger partial charge in [-0.05, 0) is 32.2 Å². The monoisotopic (exact) mass is 322 g/mol. The van der Waals surface area contributed by atoms with Crippen LogP contribution < -0.4 is 0 Å². The van der Waals surface area contributed by atoms with Crippen molar-refractivity contribution in [2.45, 2.75) is 37.9 Å². The molecule has 0 spiro atoms. The molecular weight excluding hydrogens is 301 g/mol. The van der Waals surface area contributed by atoms with Crippen LogP contribution in [0, 0.1) is 5.92 Å². The second-order valence-electron chi connectivity index (χ2n) is 5.87. The number of amides is 1. The summed E-state index contributed by atoms with van der Waals surface area (Å²) in [7, 11) is 1.29. The number of methoxy groups -OCH3 is 1. The number of esters is 1. The Morgan fingerprint density at radius 3 is 2.50 bits per heavy atom. The van der Waals surface area contributed by atoms with Crippen LogP contribution in [0.2, 0.25) is 0 Å². The molecule has 2 rings (SSSR count). The van der Waals surface area contributed by atoms with Gasteiger partial charge in [-0.25, -0.2) is 0 Å². The molecule has 22 heavy (non-hydrogen) atoms. The number of hydrogen-bond donors (Lipinski definition) is 0. The molecule has 0 aromatic rings. The van der Waals surface area contributed by atoms with Gasteiger partial charge in [0.05, 0.1) is 19.6 Å². The normalized spacial score (nSPS) is 27.0. The van der Waals surface area contributed by atoms with Gasteiger partial charge in [-0.1, -0.05) is 0 Å². The molecule has 2 fully saturated rings. The van der Waals surface area contributed by atoms with Crippen LogP contribution in [0.1, 0.15) is 25.7 Å². The van der Waals surface area contributed by atoms with Crippen molar-refractivity contribution in [3.8, 4) is 0 Å². The molecule has 0 bridgehead atoms. The Morgan fingerprint density at radius 1 is 1.18 bits per heavy atom. The Labute approximate surface area is 127 Å². The molecule has 2 aliphatic rings. The predicted octanol–water partition coefficient (Wildman–Crippen LogP) is 1.42. The summed E-state index contributed by atoms with van der Waals surface area (Å²) in [6.07, 6.45) is -2.44. The lowest BCUT2D eigenvalue weighted by Gasteiger charge is -2.35. The van der Waals surface area contributed by atoms with Gasteiger partial charge in [-0.15, -0.1) is 0 Å². The summed E-state index contributed by atoms with van der Waals surface area (Å²) in [6.45, 7) is 0.633. The molecule has 8 heteroatoms. The number of halogens is 3. The zero-order valence-corrected chi connectivity index (χ0v) is 12.6. The molecule has 2 aliphatic heterocycles. The third-order valence-corrected chi connectivity index (χ3v) is 4.41. The largest absolute Gasteiger partial charge is 0.468 e. The summed E-state index contributed by atoms with van der Waals surface area (Å²) in [6, 6.07) is -0.461. The maximum Gasteiger partial charge on any atom is 0.393 e. The standard InChI is InChI=1S/C14H21F3N2O3/c1-22-13(21)11-5-3-6-18(11)9-12(20)19-7-2-4-10(8-19)14(15,16)17/h10-11H,2-9H2,1H3. The first kappa shape index (κ1) is 17.1. The lowest BCUT2D eigenvalue weighted by Crippen LogP contribution is -2.49. The summed E-state index contributed by atoms with van der Waals surface area (Å²) >= 11 is 0. The number of nitrogens with zero attached hydrogens (tertiary/aromatic N) is 2. The summed E-state index contributed by atoms with van der Waals surface area (Å²) in [4.78, 5) is 26.8. The lowest BCUT2D eigenvalue weighted by atomic mass is 9.97. The average molecular weight is 322 g/mol. The van der Waals surface area contributed by atoms with Gasteiger partial charge in [-0.2, -0.15) is 13.2 Å². The van der Waals surface area contributed by atoms with E-state index in [-0.39, 0.29) is 25.4 Å². The van der Waals surface area contributed by atoms with Gasteiger partial charge >= 0.3 is 12.1 Å². The van der Waals surface area contributed by atoms with Gasteiger partial charge in [-0.3, -0.25) is 14.5 Å². The molecule has 0 N–H and O–H groups in total. The number of likely N-dealkylation sites (tertiary alicyclic amines) is 2. The Morgan fingerprint density at radius 2 is 1.86 bits per heavy atom. The van der Waals surface area contributed by atoms with Crippen LogP contribution in [0.4, 0.5) is 13.2 Å². The van der Waals surface area contributed by atoms with Crippen LogP contribution >= 0.6 is 0 Å². The van der Waals surface area contributed by atoms with Gasteiger partial charge < -0.3 is 9.64 Å². The van der Waals surface area contributed by atoms with Crippen molar-refractivity contribution in [3.63, 3.8) is 0 Å². The van der Waals surface area contributed by atoms with E-state index in [2.05, 4.69) is 0 Å². The number of carbonyl (C=O) groups is 2. The molecule has 0 aromatic heterocycles. The highest BCUT2D eigenvalue weighted by molar-refractivity contribution is 5.81. The minimum Gasteiger partial charge on any atom is -0.468 e. The van der Waals surface area contributed by atoms with Gasteiger partial charge in [0, 0.05) is 13.1 Å². The molecule has 2 unspecified atom stereocenters. The highest BCUT2D eigenvalue weighted by atomic mass is 19.4. The first-order valence-electron chi connectivity index (χ1n) is 7.49. The second kappa shape index (κ2) is 6.85. The molecule has 0 saturated carbocycles. The summed E-state index contributed by atoms with van der Waals surface area (Å²) in [5.41, 5.74) is 0. The van der Waals surface area contributed by atoms with E-state index in [1.54, 1.807) is 4.90 Å². The molecule has 1 amide bonds. The summed E-state index contributed by atoms with van der Waals surface area (Å²) in [5, 5.41) is 0. The fraction of sp³-hybridized carbons (Fsp3) is 0.857. The van der Waals surface area contributed by atoms with Crippen LogP contribution in [0.3, 0.4) is 0 Å². The first-order valence-corrected chi connectivity index (χ1v) is 7.49. The second-order valence-corrected chi connectivity index (χ2v) is 5.87. The maximum absolute atomic E-state index is 12.8. The van der Waals surface area contributed by atoms with E-state index in [1.807, 2.05) is 0 Å². The van der Waals surface area contributed by atoms with Crippen LogP contribution in [0.25, 0.3) is 0 Å². The zero-order chi connectivity index (χ0) is 16.3. The topological polar surface area (TPSA) is 49.9 Å². The van der Waals surface area contributed by atoms with Crippen LogP contribution in [-0.4, -0.2) is 67.2 Å². The average Bonchev–Trinajstić information content (AvgIpc) is 2.93. The molecule has 2 saturated heterocycles.